The Kier molecular flexibility index (Phi) is 6.08. The Hall–Kier alpha value is -2.49. The fraction of sp³-hybridized carbons (Fsp3) is 0.316. The number of carbonyl (C=O) groups excluding carboxylic acids is 1. The van der Waals surface area contributed by atoms with Crippen LogP contribution >= 0.6 is 23.4 Å². The quantitative estimate of drug-likeness (QED) is 0.451. The van der Waals surface area contributed by atoms with Gasteiger partial charge >= 0.3 is 0 Å². The smallest absolute Gasteiger partial charge is 0.274 e. The van der Waals surface area contributed by atoms with Gasteiger partial charge in [-0.1, -0.05) is 58.9 Å². The van der Waals surface area contributed by atoms with Gasteiger partial charge in [-0.25, -0.2) is 9.97 Å². The van der Waals surface area contributed by atoms with E-state index in [0.717, 1.165) is 5.56 Å². The van der Waals surface area contributed by atoms with E-state index in [1.54, 1.807) is 4.90 Å². The lowest BCUT2D eigenvalue weighted by molar-refractivity contribution is 0.0608. The zero-order valence-electron chi connectivity index (χ0n) is 15.8. The highest BCUT2D eigenvalue weighted by Gasteiger charge is 2.26. The molecule has 3 heterocycles. The van der Waals surface area contributed by atoms with Crippen molar-refractivity contribution in [3.05, 3.63) is 53.1 Å². The lowest BCUT2D eigenvalue weighted by atomic mass is 10.2. The van der Waals surface area contributed by atoms with Gasteiger partial charge in [0.1, 0.15) is 0 Å². The molecule has 29 heavy (non-hydrogen) atoms. The molecule has 10 heteroatoms. The maximum Gasteiger partial charge on any atom is 0.274 e. The Morgan fingerprint density at radius 1 is 1.17 bits per heavy atom. The van der Waals surface area contributed by atoms with Gasteiger partial charge in [-0.05, 0) is 6.26 Å². The normalized spacial score (nSPS) is 14.9. The van der Waals surface area contributed by atoms with Crippen LogP contribution in [-0.4, -0.2) is 68.3 Å². The fourth-order valence-electron chi connectivity index (χ4n) is 3.07. The molecule has 0 spiro atoms. The van der Waals surface area contributed by atoms with Gasteiger partial charge in [0.05, 0.1) is 17.8 Å². The molecule has 4 rings (SSSR count). The van der Waals surface area contributed by atoms with Crippen molar-refractivity contribution in [2.75, 3.05) is 32.4 Å². The number of halogens is 1. The molecule has 8 nitrogen and oxygen atoms in total. The number of benzene rings is 1. The molecule has 1 aliphatic rings. The highest BCUT2D eigenvalue weighted by atomic mass is 35.5. The summed E-state index contributed by atoms with van der Waals surface area (Å²) in [6, 6.07) is 9.71. The number of rotatable bonds is 5. The molecule has 0 radical (unpaired) electrons. The maximum atomic E-state index is 12.8. The Morgan fingerprint density at radius 2 is 1.93 bits per heavy atom. The third-order valence-corrected chi connectivity index (χ3v) is 5.46. The van der Waals surface area contributed by atoms with Crippen LogP contribution in [-0.2, 0) is 6.54 Å². The van der Waals surface area contributed by atoms with Crippen LogP contribution in [0.5, 0.6) is 0 Å². The molecule has 1 saturated heterocycles. The van der Waals surface area contributed by atoms with Gasteiger partial charge < -0.3 is 9.42 Å². The first-order chi connectivity index (χ1) is 14.1. The van der Waals surface area contributed by atoms with Crippen LogP contribution < -0.4 is 0 Å². The van der Waals surface area contributed by atoms with Crippen LogP contribution in [0.25, 0.3) is 11.4 Å². The van der Waals surface area contributed by atoms with Crippen molar-refractivity contribution in [2.45, 2.75) is 11.7 Å². The van der Waals surface area contributed by atoms with E-state index in [1.165, 1.54) is 18.0 Å². The topological polar surface area (TPSA) is 88.3 Å². The van der Waals surface area contributed by atoms with Gasteiger partial charge in [-0.15, -0.1) is 0 Å². The summed E-state index contributed by atoms with van der Waals surface area (Å²) >= 11 is 7.51. The Bertz CT molecular complexity index is 991. The van der Waals surface area contributed by atoms with Crippen molar-refractivity contribution in [3.8, 4) is 11.4 Å². The summed E-state index contributed by atoms with van der Waals surface area (Å²) in [6.45, 7) is 3.10. The summed E-state index contributed by atoms with van der Waals surface area (Å²) in [5.74, 6) is 0.973. The number of nitrogens with zero attached hydrogens (tertiary/aromatic N) is 6. The number of amides is 1. The molecule has 1 fully saturated rings. The molecule has 0 atom stereocenters. The van der Waals surface area contributed by atoms with Gasteiger partial charge in [0.2, 0.25) is 11.7 Å². The molecule has 1 aromatic carbocycles. The van der Waals surface area contributed by atoms with E-state index in [-0.39, 0.29) is 16.6 Å². The van der Waals surface area contributed by atoms with Crippen LogP contribution in [0.4, 0.5) is 0 Å². The standard InChI is InChI=1S/C19H19ClN6O2S/c1-29-19-21-11-14(20)16(23-19)18(27)26-9-7-25(8-10-26)12-15-22-17(24-28-15)13-5-3-2-4-6-13/h2-6,11H,7-10,12H2,1H3. The maximum absolute atomic E-state index is 12.8. The summed E-state index contributed by atoms with van der Waals surface area (Å²) in [6.07, 6.45) is 3.33. The van der Waals surface area contributed by atoms with Crippen molar-refractivity contribution in [1.82, 2.24) is 29.9 Å². The fourth-order valence-corrected chi connectivity index (χ4v) is 3.59. The summed E-state index contributed by atoms with van der Waals surface area (Å²) in [5, 5.41) is 4.85. The van der Waals surface area contributed by atoms with Crippen molar-refractivity contribution in [3.63, 3.8) is 0 Å². The molecule has 1 aliphatic heterocycles. The molecule has 2 aromatic heterocycles. The van der Waals surface area contributed by atoms with Gasteiger partial charge in [-0.2, -0.15) is 4.98 Å². The summed E-state index contributed by atoms with van der Waals surface area (Å²) in [5.41, 5.74) is 1.17. The van der Waals surface area contributed by atoms with E-state index in [2.05, 4.69) is 25.0 Å². The van der Waals surface area contributed by atoms with Crippen molar-refractivity contribution in [1.29, 1.82) is 0 Å². The zero-order valence-corrected chi connectivity index (χ0v) is 17.4. The molecule has 1 amide bonds. The first-order valence-corrected chi connectivity index (χ1v) is 10.7. The number of thioether (sulfide) groups is 1. The van der Waals surface area contributed by atoms with Gasteiger partial charge in [-0.3, -0.25) is 9.69 Å². The van der Waals surface area contributed by atoms with E-state index in [4.69, 9.17) is 16.1 Å². The minimum atomic E-state index is -0.170. The molecule has 0 saturated carbocycles. The molecule has 0 aliphatic carbocycles. The first-order valence-electron chi connectivity index (χ1n) is 9.10. The number of aromatic nitrogens is 4. The van der Waals surface area contributed by atoms with Crippen molar-refractivity contribution < 1.29 is 9.32 Å². The second kappa shape index (κ2) is 8.89. The highest BCUT2D eigenvalue weighted by Crippen LogP contribution is 2.20. The predicted molar refractivity (Wildman–Crippen MR) is 110 cm³/mol. The minimum Gasteiger partial charge on any atom is -0.338 e. The second-order valence-corrected chi connectivity index (χ2v) is 7.68. The zero-order chi connectivity index (χ0) is 20.2. The summed E-state index contributed by atoms with van der Waals surface area (Å²) in [7, 11) is 0. The van der Waals surface area contributed by atoms with Gasteiger partial charge in [0.25, 0.3) is 5.91 Å². The molecule has 0 N–H and O–H groups in total. The lowest BCUT2D eigenvalue weighted by Gasteiger charge is -2.33. The largest absolute Gasteiger partial charge is 0.338 e. The number of carbonyl (C=O) groups is 1. The SMILES string of the molecule is CSc1ncc(Cl)c(C(=O)N2CCN(Cc3nc(-c4ccccc4)no3)CC2)n1. The Labute approximate surface area is 177 Å². The number of hydrogen-bond donors (Lipinski definition) is 0. The summed E-state index contributed by atoms with van der Waals surface area (Å²) in [4.78, 5) is 29.6. The monoisotopic (exact) mass is 430 g/mol. The number of hydrogen-bond acceptors (Lipinski definition) is 8. The van der Waals surface area contributed by atoms with Crippen molar-refractivity contribution in [2.24, 2.45) is 0 Å². The predicted octanol–water partition coefficient (Wildman–Crippen LogP) is 2.86. The molecule has 150 valence electrons. The lowest BCUT2D eigenvalue weighted by Crippen LogP contribution is -2.48. The minimum absolute atomic E-state index is 0.170. The van der Waals surface area contributed by atoms with E-state index >= 15 is 0 Å². The van der Waals surface area contributed by atoms with E-state index in [0.29, 0.717) is 49.6 Å². The van der Waals surface area contributed by atoms with Crippen molar-refractivity contribution >= 4 is 29.3 Å². The average Bonchev–Trinajstić information content (AvgIpc) is 3.23. The molecular weight excluding hydrogens is 412 g/mol. The average molecular weight is 431 g/mol. The van der Waals surface area contributed by atoms with Crippen LogP contribution in [0, 0.1) is 0 Å². The number of piperazine rings is 1. The highest BCUT2D eigenvalue weighted by molar-refractivity contribution is 7.98. The molecule has 0 unspecified atom stereocenters. The molecule has 3 aromatic rings. The van der Waals surface area contributed by atoms with Crippen LogP contribution in [0.15, 0.2) is 46.2 Å². The third kappa shape index (κ3) is 4.58. The molecule has 0 bridgehead atoms. The second-order valence-electron chi connectivity index (χ2n) is 6.50. The van der Waals surface area contributed by atoms with Gasteiger partial charge in [0, 0.05) is 31.7 Å². The van der Waals surface area contributed by atoms with Gasteiger partial charge in [0.15, 0.2) is 10.9 Å². The van der Waals surface area contributed by atoms with Crippen LogP contribution in [0.2, 0.25) is 5.02 Å². The Balaban J connectivity index is 1.35. The molecular formula is C19H19ClN6O2S. The van der Waals surface area contributed by atoms with Crippen LogP contribution in [0.1, 0.15) is 16.4 Å². The van der Waals surface area contributed by atoms with Crippen LogP contribution in [0.3, 0.4) is 0 Å². The van der Waals surface area contributed by atoms with E-state index < -0.39 is 0 Å². The third-order valence-electron chi connectivity index (χ3n) is 4.63. The Morgan fingerprint density at radius 3 is 2.66 bits per heavy atom. The van der Waals surface area contributed by atoms with E-state index in [9.17, 15) is 4.79 Å². The first kappa shape index (κ1) is 19.8. The summed E-state index contributed by atoms with van der Waals surface area (Å²) < 4.78 is 5.39. The van der Waals surface area contributed by atoms with E-state index in [1.807, 2.05) is 36.6 Å².